The van der Waals surface area contributed by atoms with Crippen LogP contribution in [0.4, 0.5) is 0 Å². The Kier molecular flexibility index (Phi) is 5.14. The summed E-state index contributed by atoms with van der Waals surface area (Å²) in [6, 6.07) is 61.7. The first kappa shape index (κ1) is 29.5. The van der Waals surface area contributed by atoms with Crippen molar-refractivity contribution in [2.24, 2.45) is 0 Å². The number of fused-ring (bicyclic) bond motifs is 20. The summed E-state index contributed by atoms with van der Waals surface area (Å²) in [7, 11) is 0. The summed E-state index contributed by atoms with van der Waals surface area (Å²) < 4.78 is 18.1. The number of aromatic nitrogens is 2. The van der Waals surface area contributed by atoms with Crippen LogP contribution in [-0.4, -0.2) is 8.80 Å². The smallest absolute Gasteiger partial charge is 0.136 e. The van der Waals surface area contributed by atoms with Crippen molar-refractivity contribution in [2.75, 3.05) is 0 Å². The van der Waals surface area contributed by atoms with Gasteiger partial charge < -0.3 is 17.6 Å². The Labute approximate surface area is 328 Å². The predicted octanol–water partition coefficient (Wildman–Crippen LogP) is 15.1. The van der Waals surface area contributed by atoms with E-state index in [9.17, 15) is 0 Å². The molecule has 0 unspecified atom stereocenters. The highest BCUT2D eigenvalue weighted by molar-refractivity contribution is 6.41. The molecule has 0 aliphatic rings. The summed E-state index contributed by atoms with van der Waals surface area (Å²) in [5, 5.41) is 14.6. The van der Waals surface area contributed by atoms with E-state index >= 15 is 0 Å². The lowest BCUT2D eigenvalue weighted by Crippen LogP contribution is -1.93. The molecule has 6 heterocycles. The third kappa shape index (κ3) is 3.30. The first-order valence-corrected chi connectivity index (χ1v) is 19.9. The standard InChI is InChI=1S/C54H28N2O2/c1-3-13-29(14-4-1)43-49-35-21-11-19-33-46-38(26-28-42-48(46)32-18-8-10-24-40(32)58-42)56(51(33)35)54(49)44(30-15-5-2-6-16-30)50-36-22-12-20-34-45-37(55(52(34)36)53(43)50)25-27-41-47(45)31-17-7-9-23-39(31)57-41/h1-28H. The minimum Gasteiger partial charge on any atom is -0.456 e. The molecule has 4 heteroatoms. The third-order valence-electron chi connectivity index (χ3n) is 13.1. The quantitative estimate of drug-likeness (QED) is 0.177. The zero-order chi connectivity index (χ0) is 37.4. The maximum Gasteiger partial charge on any atom is 0.136 e. The number of hydrogen-bond donors (Lipinski definition) is 0. The Hall–Kier alpha value is -7.82. The zero-order valence-corrected chi connectivity index (χ0v) is 30.9. The summed E-state index contributed by atoms with van der Waals surface area (Å²) in [5.74, 6) is 0. The zero-order valence-electron chi connectivity index (χ0n) is 30.9. The fourth-order valence-corrected chi connectivity index (χ4v) is 11.1. The van der Waals surface area contributed by atoms with Crippen LogP contribution < -0.4 is 0 Å². The van der Waals surface area contributed by atoms with Gasteiger partial charge in [0.1, 0.15) is 22.3 Å². The molecule has 266 valence electrons. The van der Waals surface area contributed by atoms with E-state index in [-0.39, 0.29) is 0 Å². The van der Waals surface area contributed by atoms with E-state index in [1.165, 1.54) is 109 Å². The number of rotatable bonds is 2. The van der Waals surface area contributed by atoms with Gasteiger partial charge in [0.25, 0.3) is 0 Å². The molecule has 0 bridgehead atoms. The topological polar surface area (TPSA) is 35.1 Å². The summed E-state index contributed by atoms with van der Waals surface area (Å²) in [5.41, 5.74) is 15.9. The SMILES string of the molecule is c1ccc(-c2c3c4cccc5c6c7c(ccc6n(c3c(-c3ccccc3)c3c6cccc8c9c%10c(ccc9n(c23)c68)oc2ccccc2%10)c45)oc2ccccc27)cc1. The van der Waals surface area contributed by atoms with Crippen molar-refractivity contribution in [3.8, 4) is 22.3 Å². The normalized spacial score (nSPS) is 12.8. The van der Waals surface area contributed by atoms with E-state index in [1.54, 1.807) is 0 Å². The van der Waals surface area contributed by atoms with Crippen LogP contribution in [0.1, 0.15) is 0 Å². The molecule has 0 spiro atoms. The summed E-state index contributed by atoms with van der Waals surface area (Å²) >= 11 is 0. The Morgan fingerprint density at radius 2 is 0.638 bits per heavy atom. The molecule has 0 saturated carbocycles. The van der Waals surface area contributed by atoms with Crippen LogP contribution >= 0.6 is 0 Å². The van der Waals surface area contributed by atoms with Crippen molar-refractivity contribution in [3.05, 3.63) is 170 Å². The maximum atomic E-state index is 6.49. The summed E-state index contributed by atoms with van der Waals surface area (Å²) in [6.07, 6.45) is 0. The molecule has 0 atom stereocenters. The Morgan fingerprint density at radius 1 is 0.259 bits per heavy atom. The number of para-hydroxylation sites is 4. The molecule has 0 fully saturated rings. The molecule has 0 amide bonds. The van der Waals surface area contributed by atoms with Gasteiger partial charge in [-0.05, 0) is 47.5 Å². The van der Waals surface area contributed by atoms with Gasteiger partial charge in [0, 0.05) is 75.8 Å². The van der Waals surface area contributed by atoms with Crippen LogP contribution in [0.5, 0.6) is 0 Å². The first-order chi connectivity index (χ1) is 28.8. The molecule has 15 rings (SSSR count). The maximum absolute atomic E-state index is 6.49. The Morgan fingerprint density at radius 3 is 1.09 bits per heavy atom. The van der Waals surface area contributed by atoms with Crippen LogP contribution in [0.15, 0.2) is 179 Å². The lowest BCUT2D eigenvalue weighted by atomic mass is 9.89. The number of benzene rings is 9. The fraction of sp³-hybridized carbons (Fsp3) is 0. The van der Waals surface area contributed by atoms with E-state index in [0.29, 0.717) is 0 Å². The molecule has 0 aliphatic carbocycles. The second-order valence-corrected chi connectivity index (χ2v) is 15.9. The van der Waals surface area contributed by atoms with Gasteiger partial charge in [-0.1, -0.05) is 133 Å². The largest absolute Gasteiger partial charge is 0.456 e. The fourth-order valence-electron chi connectivity index (χ4n) is 11.1. The number of nitrogens with zero attached hydrogens (tertiary/aromatic N) is 2. The van der Waals surface area contributed by atoms with Crippen LogP contribution in [0.25, 0.3) is 142 Å². The van der Waals surface area contributed by atoms with Gasteiger partial charge in [-0.2, -0.15) is 0 Å². The lowest BCUT2D eigenvalue weighted by Gasteiger charge is -2.16. The molecule has 6 aromatic heterocycles. The van der Waals surface area contributed by atoms with E-state index < -0.39 is 0 Å². The highest BCUT2D eigenvalue weighted by atomic mass is 16.3. The minimum atomic E-state index is 0.914. The second-order valence-electron chi connectivity index (χ2n) is 15.9. The molecule has 58 heavy (non-hydrogen) atoms. The minimum absolute atomic E-state index is 0.914. The van der Waals surface area contributed by atoms with Crippen LogP contribution in [0.2, 0.25) is 0 Å². The molecule has 0 saturated heterocycles. The molecule has 15 aromatic rings. The molecular weight excluding hydrogens is 709 g/mol. The van der Waals surface area contributed by atoms with Crippen molar-refractivity contribution in [1.82, 2.24) is 8.80 Å². The number of hydrogen-bond acceptors (Lipinski definition) is 2. The number of furan rings is 2. The monoisotopic (exact) mass is 736 g/mol. The van der Waals surface area contributed by atoms with E-state index in [1.807, 2.05) is 0 Å². The lowest BCUT2D eigenvalue weighted by molar-refractivity contribution is 0.669. The molecule has 0 N–H and O–H groups in total. The van der Waals surface area contributed by atoms with Gasteiger partial charge in [-0.25, -0.2) is 0 Å². The molecule has 9 aromatic carbocycles. The van der Waals surface area contributed by atoms with Crippen molar-refractivity contribution in [1.29, 1.82) is 0 Å². The molecule has 0 aliphatic heterocycles. The van der Waals surface area contributed by atoms with Crippen LogP contribution in [0, 0.1) is 0 Å². The van der Waals surface area contributed by atoms with Crippen LogP contribution in [0.3, 0.4) is 0 Å². The van der Waals surface area contributed by atoms with Gasteiger partial charge in [0.2, 0.25) is 0 Å². The van der Waals surface area contributed by atoms with E-state index in [2.05, 4.69) is 179 Å². The van der Waals surface area contributed by atoms with Crippen molar-refractivity contribution < 1.29 is 8.83 Å². The Balaban J connectivity index is 1.28. The van der Waals surface area contributed by atoms with Crippen LogP contribution in [-0.2, 0) is 0 Å². The molecule has 0 radical (unpaired) electrons. The second kappa shape index (κ2) is 10.1. The third-order valence-corrected chi connectivity index (χ3v) is 13.1. The molecule has 4 nitrogen and oxygen atoms in total. The van der Waals surface area contributed by atoms with E-state index in [4.69, 9.17) is 8.83 Å². The van der Waals surface area contributed by atoms with Crippen molar-refractivity contribution in [3.63, 3.8) is 0 Å². The van der Waals surface area contributed by atoms with Gasteiger partial charge in [-0.15, -0.1) is 0 Å². The summed E-state index contributed by atoms with van der Waals surface area (Å²) in [4.78, 5) is 0. The molecular formula is C54H28N2O2. The van der Waals surface area contributed by atoms with Gasteiger partial charge >= 0.3 is 0 Å². The van der Waals surface area contributed by atoms with Gasteiger partial charge in [0.05, 0.1) is 33.1 Å². The highest BCUT2D eigenvalue weighted by Crippen LogP contribution is 2.55. The summed E-state index contributed by atoms with van der Waals surface area (Å²) in [6.45, 7) is 0. The van der Waals surface area contributed by atoms with Crippen molar-refractivity contribution in [2.45, 2.75) is 0 Å². The average molecular weight is 737 g/mol. The average Bonchev–Trinajstić information content (AvgIpc) is 4.12. The van der Waals surface area contributed by atoms with Crippen molar-refractivity contribution >= 4 is 120 Å². The predicted molar refractivity (Wildman–Crippen MR) is 241 cm³/mol. The first-order valence-electron chi connectivity index (χ1n) is 19.9. The Bertz CT molecular complexity index is 3960. The van der Waals surface area contributed by atoms with Gasteiger partial charge in [-0.3, -0.25) is 0 Å². The highest BCUT2D eigenvalue weighted by Gasteiger charge is 2.31. The van der Waals surface area contributed by atoms with Gasteiger partial charge in [0.15, 0.2) is 0 Å². The van der Waals surface area contributed by atoms with E-state index in [0.717, 1.165) is 33.1 Å².